The van der Waals surface area contributed by atoms with E-state index in [0.717, 1.165) is 18.7 Å². The summed E-state index contributed by atoms with van der Waals surface area (Å²) < 4.78 is 5.19. The Hall–Kier alpha value is -1.06. The van der Waals surface area contributed by atoms with Crippen LogP contribution in [-0.2, 0) is 6.42 Å². The van der Waals surface area contributed by atoms with Crippen LogP contribution in [0.1, 0.15) is 25.3 Å². The smallest absolute Gasteiger partial charge is 0.118 e. The highest BCUT2D eigenvalue weighted by Crippen LogP contribution is 2.12. The Morgan fingerprint density at radius 2 is 2.05 bits per heavy atom. The van der Waals surface area contributed by atoms with E-state index in [4.69, 9.17) is 4.74 Å². The van der Waals surface area contributed by atoms with Gasteiger partial charge in [0.25, 0.3) is 0 Å². The van der Waals surface area contributed by atoms with Crippen LogP contribution in [0.15, 0.2) is 24.3 Å². The van der Waals surface area contributed by atoms with Crippen molar-refractivity contribution in [2.24, 2.45) is 0 Å². The van der Waals surface area contributed by atoms with Gasteiger partial charge in [0.05, 0.1) is 7.11 Å². The van der Waals surface area contributed by atoms with Crippen LogP contribution in [0.4, 0.5) is 0 Å². The van der Waals surface area contributed by atoms with Gasteiger partial charge in [-0.3, -0.25) is 0 Å². The molecule has 2 rings (SSSR count). The van der Waals surface area contributed by atoms with E-state index in [0.29, 0.717) is 6.04 Å². The van der Waals surface area contributed by atoms with Gasteiger partial charge in [-0.15, -0.1) is 0 Å². The number of rotatable bonds is 4. The topological polar surface area (TPSA) is 24.5 Å². The van der Waals surface area contributed by atoms with Crippen molar-refractivity contribution in [3.8, 4) is 5.75 Å². The zero-order valence-electron chi connectivity index (χ0n) is 12.2. The molecule has 1 aliphatic heterocycles. The maximum atomic E-state index is 5.19. The Kier molecular flexibility index (Phi) is 5.67. The van der Waals surface area contributed by atoms with E-state index in [2.05, 4.69) is 41.4 Å². The first kappa shape index (κ1) is 14.4. The Labute approximate surface area is 116 Å². The lowest BCUT2D eigenvalue weighted by atomic mass is 10.1. The lowest BCUT2D eigenvalue weighted by molar-refractivity contribution is 0.239. The summed E-state index contributed by atoms with van der Waals surface area (Å²) in [5, 5.41) is 3.55. The Morgan fingerprint density at radius 1 is 1.26 bits per heavy atom. The van der Waals surface area contributed by atoms with Gasteiger partial charge in [-0.05, 0) is 63.5 Å². The van der Waals surface area contributed by atoms with Gasteiger partial charge < -0.3 is 15.0 Å². The molecule has 1 atom stereocenters. The summed E-state index contributed by atoms with van der Waals surface area (Å²) >= 11 is 0. The lowest BCUT2D eigenvalue weighted by Crippen LogP contribution is -2.39. The van der Waals surface area contributed by atoms with Crippen molar-refractivity contribution in [3.05, 3.63) is 29.8 Å². The van der Waals surface area contributed by atoms with Gasteiger partial charge in [0.2, 0.25) is 0 Å². The summed E-state index contributed by atoms with van der Waals surface area (Å²) in [6, 6.07) is 9.10. The van der Waals surface area contributed by atoms with Crippen molar-refractivity contribution in [2.45, 2.75) is 32.2 Å². The molecule has 0 aliphatic carbocycles. The first-order valence-electron chi connectivity index (χ1n) is 7.36. The fraction of sp³-hybridized carbons (Fsp3) is 0.625. The number of hydrogen-bond donors (Lipinski definition) is 1. The normalized spacial score (nSPS) is 21.7. The van der Waals surface area contributed by atoms with Crippen LogP contribution in [0.3, 0.4) is 0 Å². The molecule has 1 aromatic rings. The van der Waals surface area contributed by atoms with Crippen LogP contribution < -0.4 is 10.1 Å². The summed E-state index contributed by atoms with van der Waals surface area (Å²) in [4.78, 5) is 2.60. The second-order valence-electron chi connectivity index (χ2n) is 5.44. The van der Waals surface area contributed by atoms with E-state index < -0.39 is 0 Å². The number of nitrogens with one attached hydrogen (secondary N) is 1. The van der Waals surface area contributed by atoms with Crippen molar-refractivity contribution >= 4 is 0 Å². The van der Waals surface area contributed by atoms with Crippen molar-refractivity contribution in [1.82, 2.24) is 10.2 Å². The van der Waals surface area contributed by atoms with Gasteiger partial charge in [-0.1, -0.05) is 12.1 Å². The molecule has 3 nitrogen and oxygen atoms in total. The van der Waals surface area contributed by atoms with Crippen molar-refractivity contribution in [3.63, 3.8) is 0 Å². The summed E-state index contributed by atoms with van der Waals surface area (Å²) in [5.74, 6) is 0.940. The molecule has 106 valence electrons. The van der Waals surface area contributed by atoms with E-state index in [1.165, 1.54) is 38.0 Å². The van der Waals surface area contributed by atoms with E-state index in [9.17, 15) is 0 Å². The SMILES string of the molecule is COc1ccc(CCN2CCCNC(C)CC2)cc1. The zero-order valence-corrected chi connectivity index (χ0v) is 12.2. The molecule has 19 heavy (non-hydrogen) atoms. The predicted octanol–water partition coefficient (Wildman–Crippen LogP) is 2.31. The van der Waals surface area contributed by atoms with E-state index >= 15 is 0 Å². The molecular formula is C16H26N2O. The van der Waals surface area contributed by atoms with Crippen LogP contribution in [0, 0.1) is 0 Å². The lowest BCUT2D eigenvalue weighted by Gasteiger charge is -2.27. The summed E-state index contributed by atoms with van der Waals surface area (Å²) in [6.07, 6.45) is 3.64. The van der Waals surface area contributed by atoms with Crippen LogP contribution >= 0.6 is 0 Å². The highest BCUT2D eigenvalue weighted by molar-refractivity contribution is 5.27. The maximum absolute atomic E-state index is 5.19. The average molecular weight is 262 g/mol. The molecule has 1 fully saturated rings. The van der Waals surface area contributed by atoms with Crippen molar-refractivity contribution < 1.29 is 4.74 Å². The van der Waals surface area contributed by atoms with Crippen LogP contribution in [0.25, 0.3) is 0 Å². The third kappa shape index (κ3) is 4.84. The highest BCUT2D eigenvalue weighted by Gasteiger charge is 2.11. The van der Waals surface area contributed by atoms with E-state index in [-0.39, 0.29) is 0 Å². The van der Waals surface area contributed by atoms with E-state index in [1.54, 1.807) is 7.11 Å². The molecule has 0 radical (unpaired) electrons. The minimum atomic E-state index is 0.656. The van der Waals surface area contributed by atoms with Gasteiger partial charge in [0.1, 0.15) is 5.75 Å². The molecule has 3 heteroatoms. The highest BCUT2D eigenvalue weighted by atomic mass is 16.5. The molecular weight excluding hydrogens is 236 g/mol. The largest absolute Gasteiger partial charge is 0.497 e. The third-order valence-corrected chi connectivity index (χ3v) is 3.90. The maximum Gasteiger partial charge on any atom is 0.118 e. The molecule has 0 bridgehead atoms. The molecule has 1 heterocycles. The molecule has 0 saturated carbocycles. The van der Waals surface area contributed by atoms with Crippen LogP contribution in [-0.4, -0.2) is 44.2 Å². The van der Waals surface area contributed by atoms with E-state index in [1.807, 2.05) is 0 Å². The molecule has 0 aromatic heterocycles. The molecule has 0 amide bonds. The second kappa shape index (κ2) is 7.51. The standard InChI is InChI=1S/C16H26N2O/c1-14-8-12-18(11-3-10-17-14)13-9-15-4-6-16(19-2)7-5-15/h4-7,14,17H,3,8-13H2,1-2H3. The number of methoxy groups -OCH3 is 1. The fourth-order valence-corrected chi connectivity index (χ4v) is 2.54. The minimum absolute atomic E-state index is 0.656. The molecule has 0 spiro atoms. The Balaban J connectivity index is 1.79. The van der Waals surface area contributed by atoms with Gasteiger partial charge in [-0.25, -0.2) is 0 Å². The third-order valence-electron chi connectivity index (χ3n) is 3.90. The van der Waals surface area contributed by atoms with Crippen LogP contribution in [0.2, 0.25) is 0 Å². The molecule has 1 aromatic carbocycles. The number of benzene rings is 1. The molecule has 1 aliphatic rings. The molecule has 1 N–H and O–H groups in total. The monoisotopic (exact) mass is 262 g/mol. The van der Waals surface area contributed by atoms with Gasteiger partial charge in [-0.2, -0.15) is 0 Å². The second-order valence-corrected chi connectivity index (χ2v) is 5.44. The predicted molar refractivity (Wildman–Crippen MR) is 79.8 cm³/mol. The Morgan fingerprint density at radius 3 is 2.79 bits per heavy atom. The van der Waals surface area contributed by atoms with Gasteiger partial charge >= 0.3 is 0 Å². The van der Waals surface area contributed by atoms with Crippen LogP contribution in [0.5, 0.6) is 5.75 Å². The quantitative estimate of drug-likeness (QED) is 0.901. The van der Waals surface area contributed by atoms with Crippen molar-refractivity contribution in [1.29, 1.82) is 0 Å². The summed E-state index contributed by atoms with van der Waals surface area (Å²) in [6.45, 7) is 7.03. The number of hydrogen-bond acceptors (Lipinski definition) is 3. The van der Waals surface area contributed by atoms with Gasteiger partial charge in [0, 0.05) is 12.6 Å². The number of ether oxygens (including phenoxy) is 1. The zero-order chi connectivity index (χ0) is 13.5. The summed E-state index contributed by atoms with van der Waals surface area (Å²) in [5.41, 5.74) is 1.40. The molecule has 1 unspecified atom stereocenters. The van der Waals surface area contributed by atoms with Crippen molar-refractivity contribution in [2.75, 3.05) is 33.3 Å². The average Bonchev–Trinajstić information content (AvgIpc) is 2.43. The molecule has 1 saturated heterocycles. The fourth-order valence-electron chi connectivity index (χ4n) is 2.54. The minimum Gasteiger partial charge on any atom is -0.497 e. The first-order chi connectivity index (χ1) is 9.28. The number of nitrogens with zero attached hydrogens (tertiary/aromatic N) is 1. The first-order valence-corrected chi connectivity index (χ1v) is 7.36. The Bertz CT molecular complexity index is 364. The van der Waals surface area contributed by atoms with Gasteiger partial charge in [0.15, 0.2) is 0 Å². The summed E-state index contributed by atoms with van der Waals surface area (Å²) in [7, 11) is 1.71.